The van der Waals surface area contributed by atoms with Gasteiger partial charge in [-0.2, -0.15) is 4.98 Å². The number of anilines is 2. The molecule has 0 amide bonds. The molecule has 33 heavy (non-hydrogen) atoms. The number of ether oxygens (including phenoxy) is 1. The highest BCUT2D eigenvalue weighted by atomic mass is 16.5. The first kappa shape index (κ1) is 22.3. The number of fused-ring (bicyclic) bond motifs is 1. The van der Waals surface area contributed by atoms with E-state index >= 15 is 0 Å². The number of rotatable bonds is 7. The molecule has 0 aliphatic rings. The Morgan fingerprint density at radius 3 is 2.55 bits per heavy atom. The molecule has 0 aliphatic heterocycles. The van der Waals surface area contributed by atoms with Crippen LogP contribution < -0.4 is 21.3 Å². The third-order valence-corrected chi connectivity index (χ3v) is 5.54. The zero-order valence-electron chi connectivity index (χ0n) is 19.1. The summed E-state index contributed by atoms with van der Waals surface area (Å²) in [5.74, 6) is 1.03. The van der Waals surface area contributed by atoms with E-state index in [1.165, 1.54) is 11.6 Å². The number of hydrogen-bond acceptors (Lipinski definition) is 6. The van der Waals surface area contributed by atoms with Crippen molar-refractivity contribution in [2.45, 2.75) is 26.5 Å². The number of aromatic nitrogens is 4. The summed E-state index contributed by atoms with van der Waals surface area (Å²) in [7, 11) is 2.99. The van der Waals surface area contributed by atoms with Gasteiger partial charge < -0.3 is 19.7 Å². The predicted octanol–water partition coefficient (Wildman–Crippen LogP) is 2.23. The largest absolute Gasteiger partial charge is 0.491 e. The fourth-order valence-corrected chi connectivity index (χ4v) is 3.74. The SMILES string of the molecule is Cc1cccc(Nc2nc3c(c(=O)n(C)c(=O)n3C)n2C[C@@H](O)COc2ccccc2C)c1. The topological polar surface area (TPSA) is 103 Å². The highest BCUT2D eigenvalue weighted by Crippen LogP contribution is 2.22. The van der Waals surface area contributed by atoms with Gasteiger partial charge in [0.25, 0.3) is 5.56 Å². The van der Waals surface area contributed by atoms with E-state index in [1.54, 1.807) is 11.6 Å². The van der Waals surface area contributed by atoms with Crippen LogP contribution in [0.5, 0.6) is 5.75 Å². The number of aryl methyl sites for hydroxylation is 3. The lowest BCUT2D eigenvalue weighted by Gasteiger charge is -2.17. The molecule has 2 aromatic heterocycles. The van der Waals surface area contributed by atoms with E-state index in [1.807, 2.05) is 62.4 Å². The summed E-state index contributed by atoms with van der Waals surface area (Å²) in [6.07, 6.45) is -0.929. The maximum atomic E-state index is 13.0. The molecule has 0 spiro atoms. The van der Waals surface area contributed by atoms with Crippen LogP contribution in [0.1, 0.15) is 11.1 Å². The number of para-hydroxylation sites is 1. The van der Waals surface area contributed by atoms with Gasteiger partial charge in [0.05, 0.1) is 6.54 Å². The van der Waals surface area contributed by atoms with Crippen molar-refractivity contribution in [2.24, 2.45) is 14.1 Å². The van der Waals surface area contributed by atoms with Crippen LogP contribution in [-0.2, 0) is 20.6 Å². The number of nitrogens with one attached hydrogen (secondary N) is 1. The number of benzene rings is 2. The van der Waals surface area contributed by atoms with Crippen LogP contribution in [-0.4, -0.2) is 36.5 Å². The molecule has 1 atom stereocenters. The lowest BCUT2D eigenvalue weighted by molar-refractivity contribution is 0.0935. The summed E-state index contributed by atoms with van der Waals surface area (Å²) in [6, 6.07) is 15.3. The molecule has 0 fully saturated rings. The third-order valence-electron chi connectivity index (χ3n) is 5.54. The Kier molecular flexibility index (Phi) is 6.06. The summed E-state index contributed by atoms with van der Waals surface area (Å²) < 4.78 is 9.75. The van der Waals surface area contributed by atoms with E-state index < -0.39 is 17.4 Å². The standard InChI is InChI=1S/C24H27N5O4/c1-15-8-7-10-17(12-15)25-23-26-21-20(22(31)28(4)24(32)27(21)3)29(23)13-18(30)14-33-19-11-6-5-9-16(19)2/h5-12,18,30H,13-14H2,1-4H3,(H,25,26)/t18-/m1/s1. The Labute approximate surface area is 190 Å². The second-order valence-electron chi connectivity index (χ2n) is 8.15. The van der Waals surface area contributed by atoms with Crippen molar-refractivity contribution in [2.75, 3.05) is 11.9 Å². The molecule has 0 saturated heterocycles. The summed E-state index contributed by atoms with van der Waals surface area (Å²) >= 11 is 0. The predicted molar refractivity (Wildman–Crippen MR) is 127 cm³/mol. The van der Waals surface area contributed by atoms with Gasteiger partial charge in [0.15, 0.2) is 11.2 Å². The van der Waals surface area contributed by atoms with Crippen molar-refractivity contribution in [1.29, 1.82) is 0 Å². The Morgan fingerprint density at radius 1 is 1.06 bits per heavy atom. The summed E-state index contributed by atoms with van der Waals surface area (Å²) in [5.41, 5.74) is 2.31. The molecule has 0 unspecified atom stereocenters. The van der Waals surface area contributed by atoms with E-state index in [-0.39, 0.29) is 24.3 Å². The van der Waals surface area contributed by atoms with Crippen LogP contribution in [0.3, 0.4) is 0 Å². The fraction of sp³-hybridized carbons (Fsp3) is 0.292. The Morgan fingerprint density at radius 2 is 1.82 bits per heavy atom. The van der Waals surface area contributed by atoms with E-state index in [0.717, 1.165) is 21.4 Å². The van der Waals surface area contributed by atoms with Crippen LogP contribution in [0.4, 0.5) is 11.6 Å². The number of aliphatic hydroxyl groups is 1. The molecule has 2 aromatic carbocycles. The zero-order chi connectivity index (χ0) is 23.7. The van der Waals surface area contributed by atoms with Crippen LogP contribution in [0.25, 0.3) is 11.2 Å². The second-order valence-corrected chi connectivity index (χ2v) is 8.15. The van der Waals surface area contributed by atoms with Gasteiger partial charge in [0.2, 0.25) is 5.95 Å². The molecule has 9 nitrogen and oxygen atoms in total. The van der Waals surface area contributed by atoms with Crippen molar-refractivity contribution >= 4 is 22.8 Å². The fourth-order valence-electron chi connectivity index (χ4n) is 3.74. The maximum absolute atomic E-state index is 13.0. The molecular weight excluding hydrogens is 422 g/mol. The van der Waals surface area contributed by atoms with Gasteiger partial charge in [-0.1, -0.05) is 30.3 Å². The molecule has 0 aliphatic carbocycles. The summed E-state index contributed by atoms with van der Waals surface area (Å²) in [5, 5.41) is 14.0. The van der Waals surface area contributed by atoms with E-state index in [0.29, 0.717) is 11.7 Å². The van der Waals surface area contributed by atoms with Gasteiger partial charge in [0, 0.05) is 19.8 Å². The van der Waals surface area contributed by atoms with Crippen molar-refractivity contribution < 1.29 is 9.84 Å². The number of aliphatic hydroxyl groups excluding tert-OH is 1. The molecule has 4 aromatic rings. The number of nitrogens with zero attached hydrogens (tertiary/aromatic N) is 4. The minimum atomic E-state index is -0.929. The quantitative estimate of drug-likeness (QED) is 0.449. The molecule has 0 saturated carbocycles. The van der Waals surface area contributed by atoms with Crippen LogP contribution in [0, 0.1) is 13.8 Å². The lowest BCUT2D eigenvalue weighted by atomic mass is 10.2. The average Bonchev–Trinajstić information content (AvgIpc) is 3.13. The van der Waals surface area contributed by atoms with Gasteiger partial charge in [-0.05, 0) is 43.2 Å². The van der Waals surface area contributed by atoms with Crippen molar-refractivity contribution in [3.05, 3.63) is 80.5 Å². The molecule has 4 rings (SSSR count). The van der Waals surface area contributed by atoms with Crippen molar-refractivity contribution in [3.63, 3.8) is 0 Å². The maximum Gasteiger partial charge on any atom is 0.332 e. The van der Waals surface area contributed by atoms with Crippen molar-refractivity contribution in [1.82, 2.24) is 18.7 Å². The van der Waals surface area contributed by atoms with Gasteiger partial charge in [-0.25, -0.2) is 4.79 Å². The average molecular weight is 450 g/mol. The van der Waals surface area contributed by atoms with Crippen LogP contribution in [0.15, 0.2) is 58.1 Å². The first-order valence-corrected chi connectivity index (χ1v) is 10.6. The first-order valence-electron chi connectivity index (χ1n) is 10.6. The van der Waals surface area contributed by atoms with E-state index in [9.17, 15) is 14.7 Å². The number of imidazole rings is 1. The molecule has 0 radical (unpaired) electrons. The first-order chi connectivity index (χ1) is 15.8. The third kappa shape index (κ3) is 4.40. The molecule has 2 heterocycles. The minimum Gasteiger partial charge on any atom is -0.491 e. The monoisotopic (exact) mass is 449 g/mol. The van der Waals surface area contributed by atoms with E-state index in [2.05, 4.69) is 10.3 Å². The molecular formula is C24H27N5O4. The van der Waals surface area contributed by atoms with E-state index in [4.69, 9.17) is 4.74 Å². The highest BCUT2D eigenvalue weighted by molar-refractivity contribution is 5.75. The molecule has 0 bridgehead atoms. The van der Waals surface area contributed by atoms with Crippen LogP contribution >= 0.6 is 0 Å². The minimum absolute atomic E-state index is 0.0283. The van der Waals surface area contributed by atoms with Gasteiger partial charge in [-0.3, -0.25) is 13.9 Å². The van der Waals surface area contributed by atoms with Gasteiger partial charge >= 0.3 is 5.69 Å². The Bertz CT molecular complexity index is 1430. The normalized spacial score (nSPS) is 12.2. The van der Waals surface area contributed by atoms with Gasteiger partial charge in [0.1, 0.15) is 18.5 Å². The van der Waals surface area contributed by atoms with Crippen molar-refractivity contribution in [3.8, 4) is 5.75 Å². The summed E-state index contributed by atoms with van der Waals surface area (Å²) in [6.45, 7) is 3.98. The zero-order valence-corrected chi connectivity index (χ0v) is 19.1. The van der Waals surface area contributed by atoms with Gasteiger partial charge in [-0.15, -0.1) is 0 Å². The second kappa shape index (κ2) is 8.95. The van der Waals surface area contributed by atoms with Crippen LogP contribution in [0.2, 0.25) is 0 Å². The highest BCUT2D eigenvalue weighted by Gasteiger charge is 2.21. The molecule has 9 heteroatoms. The Hall–Kier alpha value is -3.85. The summed E-state index contributed by atoms with van der Waals surface area (Å²) in [4.78, 5) is 30.0. The number of hydrogen-bond donors (Lipinski definition) is 2. The Balaban J connectivity index is 1.73. The molecule has 2 N–H and O–H groups in total. The molecule has 172 valence electrons. The smallest absolute Gasteiger partial charge is 0.332 e. The lowest BCUT2D eigenvalue weighted by Crippen LogP contribution is -2.38.